The zero-order chi connectivity index (χ0) is 23.6. The third-order valence-electron chi connectivity index (χ3n) is 4.25. The molecule has 12 heteroatoms. The van der Waals surface area contributed by atoms with E-state index in [1.54, 1.807) is 12.1 Å². The summed E-state index contributed by atoms with van der Waals surface area (Å²) in [6, 6.07) is 7.17. The van der Waals surface area contributed by atoms with Crippen molar-refractivity contribution in [2.75, 3.05) is 19.0 Å². The maximum atomic E-state index is 13.0. The van der Waals surface area contributed by atoms with Gasteiger partial charge in [0.1, 0.15) is 18.0 Å². The molecule has 0 spiro atoms. The molecule has 0 unspecified atom stereocenters. The summed E-state index contributed by atoms with van der Waals surface area (Å²) >= 11 is 2.54. The highest BCUT2D eigenvalue weighted by atomic mass is 127. The summed E-state index contributed by atoms with van der Waals surface area (Å²) in [5.41, 5.74) is -0.671. The molecule has 1 aliphatic rings. The number of rotatable bonds is 5. The van der Waals surface area contributed by atoms with Gasteiger partial charge in [0.15, 0.2) is 0 Å². The second kappa shape index (κ2) is 9.40. The predicted molar refractivity (Wildman–Crippen MR) is 120 cm³/mol. The molecule has 0 saturated carbocycles. The average molecular weight is 578 g/mol. The molecular weight excluding hydrogens is 564 g/mol. The number of amides is 3. The van der Waals surface area contributed by atoms with Gasteiger partial charge in [0.05, 0.1) is 26.8 Å². The zero-order valence-electron chi connectivity index (χ0n) is 16.2. The van der Waals surface area contributed by atoms with Crippen molar-refractivity contribution in [2.24, 2.45) is 0 Å². The highest BCUT2D eigenvalue weighted by Crippen LogP contribution is 2.36. The van der Waals surface area contributed by atoms with E-state index in [1.165, 1.54) is 19.3 Å². The minimum atomic E-state index is -4.63. The Morgan fingerprint density at radius 1 is 1.25 bits per heavy atom. The van der Waals surface area contributed by atoms with Crippen molar-refractivity contribution in [1.82, 2.24) is 4.90 Å². The number of nitrogens with one attached hydrogen (secondary N) is 1. The Hall–Kier alpha value is -2.74. The van der Waals surface area contributed by atoms with Gasteiger partial charge >= 0.3 is 6.18 Å². The Kier molecular flexibility index (Phi) is 7.03. The molecule has 0 aliphatic carbocycles. The highest BCUT2D eigenvalue weighted by molar-refractivity contribution is 14.1. The van der Waals surface area contributed by atoms with Gasteiger partial charge in [-0.15, -0.1) is 0 Å². The van der Waals surface area contributed by atoms with Crippen molar-refractivity contribution in [1.29, 1.82) is 0 Å². The lowest BCUT2D eigenvalue weighted by atomic mass is 10.1. The normalized spacial score (nSPS) is 15.4. The lowest BCUT2D eigenvalue weighted by Gasteiger charge is -2.16. The van der Waals surface area contributed by atoms with Gasteiger partial charge in [0, 0.05) is 0 Å². The number of thioether (sulfide) groups is 1. The van der Waals surface area contributed by atoms with Gasteiger partial charge in [-0.2, -0.15) is 13.2 Å². The van der Waals surface area contributed by atoms with Gasteiger partial charge in [0.2, 0.25) is 5.91 Å². The number of anilines is 1. The van der Waals surface area contributed by atoms with Crippen LogP contribution in [0.4, 0.5) is 23.7 Å². The van der Waals surface area contributed by atoms with Crippen LogP contribution in [0.3, 0.4) is 0 Å². The van der Waals surface area contributed by atoms with E-state index in [9.17, 15) is 32.7 Å². The van der Waals surface area contributed by atoms with E-state index in [1.807, 2.05) is 22.6 Å². The van der Waals surface area contributed by atoms with Crippen molar-refractivity contribution < 1.29 is 37.4 Å². The summed E-state index contributed by atoms with van der Waals surface area (Å²) in [6.07, 6.45) is -3.19. The first kappa shape index (κ1) is 23.9. The molecule has 0 bridgehead atoms. The van der Waals surface area contributed by atoms with Gasteiger partial charge in [-0.05, 0) is 76.3 Å². The average Bonchev–Trinajstić information content (AvgIpc) is 2.97. The zero-order valence-corrected chi connectivity index (χ0v) is 19.2. The molecule has 2 N–H and O–H groups in total. The maximum absolute atomic E-state index is 13.0. The van der Waals surface area contributed by atoms with E-state index in [-0.39, 0.29) is 22.1 Å². The fourth-order valence-electron chi connectivity index (χ4n) is 2.72. The van der Waals surface area contributed by atoms with E-state index in [0.717, 1.165) is 12.1 Å². The topological polar surface area (TPSA) is 95.9 Å². The monoisotopic (exact) mass is 578 g/mol. The van der Waals surface area contributed by atoms with Gasteiger partial charge in [-0.3, -0.25) is 19.3 Å². The predicted octanol–water partition coefficient (Wildman–Crippen LogP) is 4.70. The number of hydrogen-bond donors (Lipinski definition) is 2. The molecule has 0 aromatic heterocycles. The second-order valence-corrected chi connectivity index (χ2v) is 8.60. The molecule has 1 heterocycles. The van der Waals surface area contributed by atoms with Crippen LogP contribution in [-0.2, 0) is 15.8 Å². The first-order valence-electron chi connectivity index (χ1n) is 8.78. The molecule has 1 saturated heterocycles. The SMILES string of the molecule is COc1ccc(C(F)(F)F)cc1NC(=O)CN1C(=O)S/C(=C\c2ccc(O)c(I)c2)C1=O. The van der Waals surface area contributed by atoms with E-state index >= 15 is 0 Å². The van der Waals surface area contributed by atoms with Gasteiger partial charge in [-0.25, -0.2) is 0 Å². The van der Waals surface area contributed by atoms with Gasteiger partial charge in [-0.1, -0.05) is 6.07 Å². The molecular formula is C20H14F3IN2O5S. The first-order chi connectivity index (χ1) is 15.0. The van der Waals surface area contributed by atoms with Crippen LogP contribution in [0.25, 0.3) is 6.08 Å². The quantitative estimate of drug-likeness (QED) is 0.395. The molecule has 3 amide bonds. The van der Waals surface area contributed by atoms with Crippen LogP contribution in [0.5, 0.6) is 11.5 Å². The van der Waals surface area contributed by atoms with E-state index in [4.69, 9.17) is 4.74 Å². The summed E-state index contributed by atoms with van der Waals surface area (Å²) < 4.78 is 44.4. The number of hydrogen-bond acceptors (Lipinski definition) is 6. The van der Waals surface area contributed by atoms with Crippen molar-refractivity contribution in [3.05, 3.63) is 56.0 Å². The van der Waals surface area contributed by atoms with Crippen LogP contribution >= 0.6 is 34.4 Å². The number of methoxy groups -OCH3 is 1. The molecule has 2 aromatic rings. The Morgan fingerprint density at radius 3 is 2.59 bits per heavy atom. The number of phenols is 1. The number of ether oxygens (including phenoxy) is 1. The standard InChI is InChI=1S/C20H14F3IN2O5S/c1-31-15-5-3-11(20(21,22)23)8-13(15)25-17(28)9-26-18(29)16(32-19(26)30)7-10-2-4-14(27)12(24)6-10/h2-8,27H,9H2,1H3,(H,25,28)/b16-7-. The Labute approximate surface area is 197 Å². The molecule has 2 aromatic carbocycles. The largest absolute Gasteiger partial charge is 0.507 e. The fraction of sp³-hybridized carbons (Fsp3) is 0.150. The van der Waals surface area contributed by atoms with E-state index in [2.05, 4.69) is 5.32 Å². The minimum absolute atomic E-state index is 0.0117. The van der Waals surface area contributed by atoms with Crippen molar-refractivity contribution >= 4 is 63.2 Å². The van der Waals surface area contributed by atoms with Crippen molar-refractivity contribution in [3.63, 3.8) is 0 Å². The van der Waals surface area contributed by atoms with E-state index in [0.29, 0.717) is 31.9 Å². The number of nitrogens with zero attached hydrogens (tertiary/aromatic N) is 1. The molecule has 1 fully saturated rings. The number of halogens is 4. The molecule has 1 aliphatic heterocycles. The third-order valence-corrected chi connectivity index (χ3v) is 6.02. The number of carbonyl (C=O) groups is 3. The first-order valence-corrected chi connectivity index (χ1v) is 10.7. The lowest BCUT2D eigenvalue weighted by Crippen LogP contribution is -2.36. The summed E-state index contributed by atoms with van der Waals surface area (Å²) in [6.45, 7) is -0.686. The maximum Gasteiger partial charge on any atom is 0.416 e. The van der Waals surface area contributed by atoms with Crippen LogP contribution in [0, 0.1) is 3.57 Å². The molecule has 7 nitrogen and oxygen atoms in total. The summed E-state index contributed by atoms with van der Waals surface area (Å²) in [5, 5.41) is 11.1. The van der Waals surface area contributed by atoms with Gasteiger partial charge in [0.25, 0.3) is 11.1 Å². The number of aromatic hydroxyl groups is 1. The third kappa shape index (κ3) is 5.35. The van der Waals surface area contributed by atoms with Crippen LogP contribution < -0.4 is 10.1 Å². The second-order valence-electron chi connectivity index (χ2n) is 6.44. The number of phenolic OH excluding ortho intramolecular Hbond substituents is 1. The van der Waals surface area contributed by atoms with Gasteiger partial charge < -0.3 is 15.2 Å². The fourth-order valence-corrected chi connectivity index (χ4v) is 4.09. The number of imide groups is 1. The smallest absolute Gasteiger partial charge is 0.416 e. The number of carbonyl (C=O) groups excluding carboxylic acids is 3. The minimum Gasteiger partial charge on any atom is -0.507 e. The molecule has 0 atom stereocenters. The molecule has 32 heavy (non-hydrogen) atoms. The van der Waals surface area contributed by atoms with Crippen LogP contribution in [0.2, 0.25) is 0 Å². The van der Waals surface area contributed by atoms with Crippen molar-refractivity contribution in [2.45, 2.75) is 6.18 Å². The molecule has 3 rings (SSSR count). The number of alkyl halides is 3. The summed E-state index contributed by atoms with van der Waals surface area (Å²) in [7, 11) is 1.23. The van der Waals surface area contributed by atoms with Crippen LogP contribution in [0.1, 0.15) is 11.1 Å². The van der Waals surface area contributed by atoms with E-state index < -0.39 is 35.3 Å². The molecule has 0 radical (unpaired) electrons. The van der Waals surface area contributed by atoms with Crippen molar-refractivity contribution in [3.8, 4) is 11.5 Å². The Balaban J connectivity index is 1.75. The number of benzene rings is 2. The Morgan fingerprint density at radius 2 is 1.97 bits per heavy atom. The molecule has 168 valence electrons. The summed E-state index contributed by atoms with van der Waals surface area (Å²) in [5.74, 6) is -1.53. The lowest BCUT2D eigenvalue weighted by molar-refractivity contribution is -0.137. The Bertz CT molecular complexity index is 1140. The van der Waals surface area contributed by atoms with Crippen LogP contribution in [0.15, 0.2) is 41.3 Å². The summed E-state index contributed by atoms with van der Waals surface area (Å²) in [4.78, 5) is 38.0. The van der Waals surface area contributed by atoms with Crippen LogP contribution in [-0.4, -0.2) is 40.7 Å². The highest BCUT2D eigenvalue weighted by Gasteiger charge is 2.37.